The van der Waals surface area contributed by atoms with Crippen LogP contribution in [0.15, 0.2) is 54.7 Å². The first kappa shape index (κ1) is 15.6. The number of nitrogens with zero attached hydrogens (tertiary/aromatic N) is 5. The van der Waals surface area contributed by atoms with E-state index in [0.29, 0.717) is 0 Å². The van der Waals surface area contributed by atoms with E-state index >= 15 is 0 Å². The van der Waals surface area contributed by atoms with Crippen LogP contribution < -0.4 is 4.90 Å². The minimum Gasteiger partial charge on any atom is -0.354 e. The Kier molecular flexibility index (Phi) is 4.06. The number of pyridine rings is 1. The molecule has 0 amide bonds. The minimum absolute atomic E-state index is 0.718. The Balaban J connectivity index is 1.68. The topological polar surface area (TPSA) is 46.3 Å². The Morgan fingerprint density at radius 1 is 1.00 bits per heavy atom. The summed E-state index contributed by atoms with van der Waals surface area (Å²) in [6, 6.07) is 16.5. The second-order valence-electron chi connectivity index (χ2n) is 6.31. The number of aromatic nitrogens is 4. The average Bonchev–Trinajstić information content (AvgIpc) is 3.09. The lowest BCUT2D eigenvalue weighted by Gasteiger charge is -2.20. The fourth-order valence-electron chi connectivity index (χ4n) is 3.12. The van der Waals surface area contributed by atoms with Gasteiger partial charge in [-0.15, -0.1) is 0 Å². The SMILES string of the molecule is CCCc1cc(N(C)Cc2ccc3ccccc3n2)n2nccc2n1. The van der Waals surface area contributed by atoms with Crippen molar-refractivity contribution in [3.05, 3.63) is 66.1 Å². The lowest BCUT2D eigenvalue weighted by atomic mass is 10.2. The number of hydrogen-bond donors (Lipinski definition) is 0. The number of rotatable bonds is 5. The first-order chi connectivity index (χ1) is 12.2. The Morgan fingerprint density at radius 3 is 2.76 bits per heavy atom. The van der Waals surface area contributed by atoms with Crippen LogP contribution in [-0.4, -0.2) is 26.6 Å². The summed E-state index contributed by atoms with van der Waals surface area (Å²) >= 11 is 0. The van der Waals surface area contributed by atoms with E-state index in [0.717, 1.165) is 53.1 Å². The normalized spacial score (nSPS) is 11.3. The fraction of sp³-hybridized carbons (Fsp3) is 0.250. The number of aryl methyl sites for hydroxylation is 1. The Labute approximate surface area is 147 Å². The van der Waals surface area contributed by atoms with Gasteiger partial charge in [0.25, 0.3) is 0 Å². The van der Waals surface area contributed by atoms with Gasteiger partial charge in [-0.05, 0) is 18.6 Å². The van der Waals surface area contributed by atoms with Gasteiger partial charge in [0, 0.05) is 30.3 Å². The smallest absolute Gasteiger partial charge is 0.157 e. The molecular formula is C20H21N5. The van der Waals surface area contributed by atoms with E-state index < -0.39 is 0 Å². The van der Waals surface area contributed by atoms with Gasteiger partial charge in [0.15, 0.2) is 5.65 Å². The Morgan fingerprint density at radius 2 is 1.88 bits per heavy atom. The van der Waals surface area contributed by atoms with Crippen molar-refractivity contribution in [2.75, 3.05) is 11.9 Å². The summed E-state index contributed by atoms with van der Waals surface area (Å²) in [6.07, 6.45) is 3.84. The molecule has 5 nitrogen and oxygen atoms in total. The number of para-hydroxylation sites is 1. The molecule has 0 fully saturated rings. The molecular weight excluding hydrogens is 310 g/mol. The van der Waals surface area contributed by atoms with Crippen molar-refractivity contribution in [1.29, 1.82) is 0 Å². The second kappa shape index (κ2) is 6.51. The highest BCUT2D eigenvalue weighted by Gasteiger charge is 2.11. The molecule has 5 heteroatoms. The summed E-state index contributed by atoms with van der Waals surface area (Å²) in [6.45, 7) is 2.89. The predicted molar refractivity (Wildman–Crippen MR) is 101 cm³/mol. The highest BCUT2D eigenvalue weighted by molar-refractivity contribution is 5.78. The lowest BCUT2D eigenvalue weighted by Crippen LogP contribution is -2.21. The number of hydrogen-bond acceptors (Lipinski definition) is 4. The van der Waals surface area contributed by atoms with E-state index in [4.69, 9.17) is 4.98 Å². The maximum absolute atomic E-state index is 4.78. The van der Waals surface area contributed by atoms with Gasteiger partial charge >= 0.3 is 0 Å². The van der Waals surface area contributed by atoms with Gasteiger partial charge in [-0.1, -0.05) is 37.6 Å². The van der Waals surface area contributed by atoms with Gasteiger partial charge in [-0.25, -0.2) is 4.98 Å². The molecule has 3 heterocycles. The van der Waals surface area contributed by atoms with E-state index in [1.165, 1.54) is 0 Å². The average molecular weight is 331 g/mol. The van der Waals surface area contributed by atoms with Crippen LogP contribution in [0.4, 0.5) is 5.82 Å². The highest BCUT2D eigenvalue weighted by atomic mass is 15.3. The van der Waals surface area contributed by atoms with E-state index in [-0.39, 0.29) is 0 Å². The quantitative estimate of drug-likeness (QED) is 0.557. The number of anilines is 1. The summed E-state index contributed by atoms with van der Waals surface area (Å²) < 4.78 is 1.89. The number of benzene rings is 1. The predicted octanol–water partition coefficient (Wildman–Crippen LogP) is 3.87. The molecule has 0 aliphatic carbocycles. The molecule has 0 atom stereocenters. The highest BCUT2D eigenvalue weighted by Crippen LogP contribution is 2.20. The van der Waals surface area contributed by atoms with Crippen molar-refractivity contribution in [2.24, 2.45) is 0 Å². The van der Waals surface area contributed by atoms with Gasteiger partial charge in [0.1, 0.15) is 5.82 Å². The van der Waals surface area contributed by atoms with E-state index in [1.54, 1.807) is 6.20 Å². The molecule has 3 aromatic heterocycles. The summed E-state index contributed by atoms with van der Waals surface area (Å²) in [5.41, 5.74) is 4.05. The summed E-state index contributed by atoms with van der Waals surface area (Å²) in [5.74, 6) is 1.04. The fourth-order valence-corrected chi connectivity index (χ4v) is 3.12. The summed E-state index contributed by atoms with van der Waals surface area (Å²) in [7, 11) is 2.07. The molecule has 0 aliphatic heterocycles. The van der Waals surface area contributed by atoms with Crippen molar-refractivity contribution in [3.63, 3.8) is 0 Å². The first-order valence-electron chi connectivity index (χ1n) is 8.64. The van der Waals surface area contributed by atoms with Crippen molar-refractivity contribution in [3.8, 4) is 0 Å². The molecule has 0 aliphatic rings. The van der Waals surface area contributed by atoms with Crippen molar-refractivity contribution >= 4 is 22.4 Å². The van der Waals surface area contributed by atoms with Gasteiger partial charge in [0.05, 0.1) is 24.0 Å². The standard InChI is InChI=1S/C20H21N5/c1-3-6-16-13-20(25-19(23-16)11-12-21-25)24(2)14-17-10-9-15-7-4-5-8-18(15)22-17/h4-5,7-13H,3,6,14H2,1-2H3. The first-order valence-corrected chi connectivity index (χ1v) is 8.64. The van der Waals surface area contributed by atoms with Gasteiger partial charge in [-0.3, -0.25) is 4.98 Å². The van der Waals surface area contributed by atoms with Crippen LogP contribution in [0.1, 0.15) is 24.7 Å². The largest absolute Gasteiger partial charge is 0.354 e. The molecule has 126 valence electrons. The monoisotopic (exact) mass is 331 g/mol. The molecule has 4 rings (SSSR count). The van der Waals surface area contributed by atoms with Gasteiger partial charge in [0.2, 0.25) is 0 Å². The third-order valence-electron chi connectivity index (χ3n) is 4.35. The van der Waals surface area contributed by atoms with Crippen LogP contribution in [0.25, 0.3) is 16.6 Å². The van der Waals surface area contributed by atoms with Crippen LogP contribution in [0.5, 0.6) is 0 Å². The van der Waals surface area contributed by atoms with Crippen molar-refractivity contribution in [2.45, 2.75) is 26.3 Å². The van der Waals surface area contributed by atoms with Crippen LogP contribution in [0, 0.1) is 0 Å². The van der Waals surface area contributed by atoms with Crippen molar-refractivity contribution < 1.29 is 0 Å². The molecule has 4 aromatic rings. The Bertz CT molecular complexity index is 1020. The molecule has 0 unspecified atom stereocenters. The molecule has 0 spiro atoms. The molecule has 25 heavy (non-hydrogen) atoms. The molecule has 0 radical (unpaired) electrons. The van der Waals surface area contributed by atoms with E-state index in [1.807, 2.05) is 22.7 Å². The maximum Gasteiger partial charge on any atom is 0.157 e. The zero-order valence-corrected chi connectivity index (χ0v) is 14.6. The molecule has 0 saturated heterocycles. The van der Waals surface area contributed by atoms with Crippen molar-refractivity contribution in [1.82, 2.24) is 19.6 Å². The van der Waals surface area contributed by atoms with Crippen LogP contribution >= 0.6 is 0 Å². The molecule has 0 saturated carbocycles. The van der Waals surface area contributed by atoms with Crippen LogP contribution in [0.3, 0.4) is 0 Å². The zero-order valence-electron chi connectivity index (χ0n) is 14.6. The minimum atomic E-state index is 0.718. The van der Waals surface area contributed by atoms with Crippen LogP contribution in [-0.2, 0) is 13.0 Å². The third kappa shape index (κ3) is 3.05. The Hall–Kier alpha value is -2.95. The van der Waals surface area contributed by atoms with Gasteiger partial charge < -0.3 is 4.90 Å². The molecule has 0 N–H and O–H groups in total. The van der Waals surface area contributed by atoms with E-state index in [2.05, 4.69) is 59.3 Å². The third-order valence-corrected chi connectivity index (χ3v) is 4.35. The summed E-state index contributed by atoms with van der Waals surface area (Å²) in [4.78, 5) is 11.6. The van der Waals surface area contributed by atoms with E-state index in [9.17, 15) is 0 Å². The van der Waals surface area contributed by atoms with Gasteiger partial charge in [-0.2, -0.15) is 9.61 Å². The molecule has 0 bridgehead atoms. The zero-order chi connectivity index (χ0) is 17.2. The maximum atomic E-state index is 4.78. The number of fused-ring (bicyclic) bond motifs is 2. The lowest BCUT2D eigenvalue weighted by molar-refractivity contribution is 0.801. The second-order valence-corrected chi connectivity index (χ2v) is 6.31. The molecule has 1 aromatic carbocycles. The van der Waals surface area contributed by atoms with Crippen LogP contribution in [0.2, 0.25) is 0 Å². The summed E-state index contributed by atoms with van der Waals surface area (Å²) in [5, 5.41) is 5.59.